The van der Waals surface area contributed by atoms with Gasteiger partial charge in [-0.2, -0.15) is 0 Å². The van der Waals surface area contributed by atoms with Gasteiger partial charge in [-0.05, 0) is 31.0 Å². The van der Waals surface area contributed by atoms with Crippen molar-refractivity contribution in [1.82, 2.24) is 0 Å². The third kappa shape index (κ3) is 3.29. The van der Waals surface area contributed by atoms with Crippen molar-refractivity contribution in [2.24, 2.45) is 0 Å². The second kappa shape index (κ2) is 5.53. The molecule has 1 aromatic rings. The number of nitrogen functional groups attached to an aromatic ring is 1. The molecule has 2 nitrogen and oxygen atoms in total. The molecular formula is C12H20N2. The highest BCUT2D eigenvalue weighted by Crippen LogP contribution is 2.16. The average Bonchev–Trinajstić information content (AvgIpc) is 2.18. The number of unbranched alkanes of at least 4 members (excludes halogenated alkanes) is 2. The third-order valence-corrected chi connectivity index (χ3v) is 2.39. The van der Waals surface area contributed by atoms with E-state index in [0.29, 0.717) is 0 Å². The number of hydrogen-bond donors (Lipinski definition) is 2. The van der Waals surface area contributed by atoms with Crippen LogP contribution < -0.4 is 11.1 Å². The number of anilines is 2. The minimum atomic E-state index is 0.866. The highest BCUT2D eigenvalue weighted by atomic mass is 14.9. The molecule has 0 aromatic heterocycles. The highest BCUT2D eigenvalue weighted by molar-refractivity contribution is 5.58. The summed E-state index contributed by atoms with van der Waals surface area (Å²) in [7, 11) is 0. The number of benzene rings is 1. The van der Waals surface area contributed by atoms with E-state index < -0.39 is 0 Å². The Kier molecular flexibility index (Phi) is 4.30. The zero-order valence-corrected chi connectivity index (χ0v) is 9.14. The lowest BCUT2D eigenvalue weighted by atomic mass is 10.2. The highest BCUT2D eigenvalue weighted by Gasteiger charge is 1.95. The summed E-state index contributed by atoms with van der Waals surface area (Å²) in [6.07, 6.45) is 3.77. The van der Waals surface area contributed by atoms with E-state index >= 15 is 0 Å². The first-order valence-corrected chi connectivity index (χ1v) is 5.34. The maximum absolute atomic E-state index is 5.81. The lowest BCUT2D eigenvalue weighted by Crippen LogP contribution is -2.02. The molecule has 0 aliphatic heterocycles. The van der Waals surface area contributed by atoms with Crippen molar-refractivity contribution in [3.63, 3.8) is 0 Å². The second-order valence-electron chi connectivity index (χ2n) is 3.71. The van der Waals surface area contributed by atoms with Gasteiger partial charge in [-0.3, -0.25) is 0 Å². The lowest BCUT2D eigenvalue weighted by Gasteiger charge is -2.07. The van der Waals surface area contributed by atoms with Gasteiger partial charge in [0.2, 0.25) is 0 Å². The van der Waals surface area contributed by atoms with E-state index in [1.54, 1.807) is 0 Å². The summed E-state index contributed by atoms with van der Waals surface area (Å²) in [6.45, 7) is 5.27. The van der Waals surface area contributed by atoms with Crippen LogP contribution in [0.25, 0.3) is 0 Å². The van der Waals surface area contributed by atoms with Crippen molar-refractivity contribution in [1.29, 1.82) is 0 Å². The molecule has 3 N–H and O–H groups in total. The molecular weight excluding hydrogens is 172 g/mol. The molecule has 0 aliphatic carbocycles. The molecule has 2 heteroatoms. The van der Waals surface area contributed by atoms with Gasteiger partial charge in [0.25, 0.3) is 0 Å². The smallest absolute Gasteiger partial charge is 0.0364 e. The fourth-order valence-electron chi connectivity index (χ4n) is 1.36. The number of aryl methyl sites for hydroxylation is 1. The summed E-state index contributed by atoms with van der Waals surface area (Å²) in [5, 5.41) is 3.37. The Labute approximate surface area is 86.5 Å². The van der Waals surface area contributed by atoms with E-state index in [4.69, 9.17) is 5.73 Å². The average molecular weight is 192 g/mol. The van der Waals surface area contributed by atoms with Crippen LogP contribution in [0.1, 0.15) is 31.7 Å². The van der Waals surface area contributed by atoms with Crippen LogP contribution >= 0.6 is 0 Å². The van der Waals surface area contributed by atoms with E-state index in [-0.39, 0.29) is 0 Å². The van der Waals surface area contributed by atoms with Gasteiger partial charge in [0.1, 0.15) is 0 Å². The Morgan fingerprint density at radius 3 is 2.71 bits per heavy atom. The van der Waals surface area contributed by atoms with Crippen LogP contribution in [0.5, 0.6) is 0 Å². The van der Waals surface area contributed by atoms with Gasteiger partial charge in [-0.1, -0.05) is 25.8 Å². The second-order valence-corrected chi connectivity index (χ2v) is 3.71. The Morgan fingerprint density at radius 2 is 2.07 bits per heavy atom. The maximum atomic E-state index is 5.81. The van der Waals surface area contributed by atoms with Crippen LogP contribution in [0.15, 0.2) is 18.2 Å². The van der Waals surface area contributed by atoms with Crippen molar-refractivity contribution in [2.45, 2.75) is 33.1 Å². The molecule has 0 spiro atoms. The minimum absolute atomic E-state index is 0.866. The molecule has 0 unspecified atom stereocenters. The molecule has 0 atom stereocenters. The van der Waals surface area contributed by atoms with Crippen molar-refractivity contribution < 1.29 is 0 Å². The lowest BCUT2D eigenvalue weighted by molar-refractivity contribution is 0.744. The molecule has 0 heterocycles. The number of nitrogens with one attached hydrogen (secondary N) is 1. The van der Waals surface area contributed by atoms with Crippen molar-refractivity contribution in [3.8, 4) is 0 Å². The monoisotopic (exact) mass is 192 g/mol. The van der Waals surface area contributed by atoms with Gasteiger partial charge in [0.05, 0.1) is 0 Å². The van der Waals surface area contributed by atoms with Gasteiger partial charge >= 0.3 is 0 Å². The molecule has 0 radical (unpaired) electrons. The Hall–Kier alpha value is -1.18. The van der Waals surface area contributed by atoms with Gasteiger partial charge in [-0.15, -0.1) is 0 Å². The minimum Gasteiger partial charge on any atom is -0.398 e. The zero-order chi connectivity index (χ0) is 10.4. The first-order valence-electron chi connectivity index (χ1n) is 5.34. The normalized spacial score (nSPS) is 10.1. The third-order valence-electron chi connectivity index (χ3n) is 2.39. The van der Waals surface area contributed by atoms with Gasteiger partial charge < -0.3 is 11.1 Å². The summed E-state index contributed by atoms with van der Waals surface area (Å²) < 4.78 is 0. The summed E-state index contributed by atoms with van der Waals surface area (Å²) in [5.41, 5.74) is 8.95. The first-order chi connectivity index (χ1) is 6.74. The molecule has 0 fully saturated rings. The number of rotatable bonds is 5. The Morgan fingerprint density at radius 1 is 1.29 bits per heavy atom. The summed E-state index contributed by atoms with van der Waals surface area (Å²) >= 11 is 0. The summed E-state index contributed by atoms with van der Waals surface area (Å²) in [6, 6.07) is 6.14. The van der Waals surface area contributed by atoms with Crippen LogP contribution in [0.4, 0.5) is 11.4 Å². The van der Waals surface area contributed by atoms with E-state index in [0.717, 1.165) is 23.5 Å². The summed E-state index contributed by atoms with van der Waals surface area (Å²) in [5.74, 6) is 0. The topological polar surface area (TPSA) is 38.0 Å². The van der Waals surface area contributed by atoms with E-state index in [9.17, 15) is 0 Å². The molecule has 1 rings (SSSR count). The molecule has 0 bridgehead atoms. The van der Waals surface area contributed by atoms with Crippen LogP contribution in [-0.2, 0) is 0 Å². The number of hydrogen-bond acceptors (Lipinski definition) is 2. The Balaban J connectivity index is 2.39. The molecule has 1 aromatic carbocycles. The molecule has 0 saturated carbocycles. The van der Waals surface area contributed by atoms with Crippen LogP contribution in [0.3, 0.4) is 0 Å². The maximum Gasteiger partial charge on any atom is 0.0364 e. The Bertz CT molecular complexity index is 282. The van der Waals surface area contributed by atoms with Crippen molar-refractivity contribution in [2.75, 3.05) is 17.6 Å². The van der Waals surface area contributed by atoms with Gasteiger partial charge in [-0.25, -0.2) is 0 Å². The molecule has 14 heavy (non-hydrogen) atoms. The fourth-order valence-corrected chi connectivity index (χ4v) is 1.36. The zero-order valence-electron chi connectivity index (χ0n) is 9.14. The van der Waals surface area contributed by atoms with Crippen molar-refractivity contribution in [3.05, 3.63) is 23.8 Å². The van der Waals surface area contributed by atoms with Crippen molar-refractivity contribution >= 4 is 11.4 Å². The van der Waals surface area contributed by atoms with E-state index in [1.807, 2.05) is 13.0 Å². The SMILES string of the molecule is CCCCCNc1ccc(C)c(N)c1. The predicted octanol–water partition coefficient (Wildman–Crippen LogP) is 3.18. The molecule has 78 valence electrons. The fraction of sp³-hybridized carbons (Fsp3) is 0.500. The predicted molar refractivity (Wildman–Crippen MR) is 63.6 cm³/mol. The molecule has 0 amide bonds. The van der Waals surface area contributed by atoms with E-state index in [2.05, 4.69) is 24.4 Å². The quantitative estimate of drug-likeness (QED) is 0.555. The standard InChI is InChI=1S/C12H20N2/c1-3-4-5-8-14-11-7-6-10(2)12(13)9-11/h6-7,9,14H,3-5,8,13H2,1-2H3. The van der Waals surface area contributed by atoms with Crippen LogP contribution in [-0.4, -0.2) is 6.54 Å². The van der Waals surface area contributed by atoms with Gasteiger partial charge in [0, 0.05) is 17.9 Å². The van der Waals surface area contributed by atoms with Gasteiger partial charge in [0.15, 0.2) is 0 Å². The first kappa shape index (κ1) is 10.9. The largest absolute Gasteiger partial charge is 0.398 e. The summed E-state index contributed by atoms with van der Waals surface area (Å²) in [4.78, 5) is 0. The molecule has 0 saturated heterocycles. The van der Waals surface area contributed by atoms with E-state index in [1.165, 1.54) is 19.3 Å². The molecule has 0 aliphatic rings. The number of nitrogens with two attached hydrogens (primary N) is 1. The van der Waals surface area contributed by atoms with Crippen LogP contribution in [0, 0.1) is 6.92 Å². The van der Waals surface area contributed by atoms with Crippen LogP contribution in [0.2, 0.25) is 0 Å².